The Hall–Kier alpha value is -1.49. The molecule has 0 spiro atoms. The number of carbonyl (C=O) groups is 2. The van der Waals surface area contributed by atoms with Gasteiger partial charge in [0, 0.05) is 6.42 Å². The molecule has 0 aromatic heterocycles. The summed E-state index contributed by atoms with van der Waals surface area (Å²) in [5.41, 5.74) is 0.901. The number of aliphatic carboxylic acids is 1. The average Bonchev–Trinajstić information content (AvgIpc) is 2.44. The molecule has 1 rings (SSSR count). The van der Waals surface area contributed by atoms with E-state index in [-0.39, 0.29) is 5.91 Å². The Balaban J connectivity index is 2.40. The molecule has 1 aromatic carbocycles. The summed E-state index contributed by atoms with van der Waals surface area (Å²) in [5.74, 6) is 0.629. The van der Waals surface area contributed by atoms with Gasteiger partial charge >= 0.3 is 5.97 Å². The van der Waals surface area contributed by atoms with Crippen molar-refractivity contribution in [3.8, 4) is 0 Å². The Morgan fingerprint density at radius 1 is 1.24 bits per heavy atom. The molecule has 0 aliphatic rings. The van der Waals surface area contributed by atoms with Crippen LogP contribution in [0.15, 0.2) is 30.3 Å². The quantitative estimate of drug-likeness (QED) is 0.688. The normalized spacial score (nSPS) is 12.1. The lowest BCUT2D eigenvalue weighted by atomic mass is 10.1. The van der Waals surface area contributed by atoms with E-state index in [0.717, 1.165) is 17.7 Å². The van der Waals surface area contributed by atoms with Gasteiger partial charge in [0.25, 0.3) is 0 Å². The van der Waals surface area contributed by atoms with E-state index in [1.165, 1.54) is 0 Å². The van der Waals surface area contributed by atoms with Gasteiger partial charge in [0.15, 0.2) is 0 Å². The molecule has 0 bridgehead atoms. The summed E-state index contributed by atoms with van der Waals surface area (Å²) in [6.07, 6.45) is 1.36. The van der Waals surface area contributed by atoms with E-state index in [1.807, 2.05) is 30.3 Å². The minimum Gasteiger partial charge on any atom is -0.480 e. The van der Waals surface area contributed by atoms with Crippen LogP contribution in [-0.4, -0.2) is 34.5 Å². The molecular formula is C16H23NO3S. The van der Waals surface area contributed by atoms with Gasteiger partial charge in [-0.25, -0.2) is 4.79 Å². The largest absolute Gasteiger partial charge is 0.480 e. The summed E-state index contributed by atoms with van der Waals surface area (Å²) in [6, 6.07) is 8.45. The van der Waals surface area contributed by atoms with E-state index in [9.17, 15) is 14.7 Å². The molecule has 5 heteroatoms. The molecule has 0 heterocycles. The van der Waals surface area contributed by atoms with Gasteiger partial charge in [-0.3, -0.25) is 4.79 Å². The zero-order valence-electron chi connectivity index (χ0n) is 12.5. The lowest BCUT2D eigenvalue weighted by Crippen LogP contribution is -2.43. The highest BCUT2D eigenvalue weighted by atomic mass is 32.2. The molecule has 0 aliphatic heterocycles. The third-order valence-corrected chi connectivity index (χ3v) is 3.98. The summed E-state index contributed by atoms with van der Waals surface area (Å²) < 4.78 is 0. The number of amides is 1. The van der Waals surface area contributed by atoms with E-state index in [4.69, 9.17) is 0 Å². The van der Waals surface area contributed by atoms with Crippen LogP contribution in [0, 0.1) is 5.92 Å². The van der Waals surface area contributed by atoms with Crippen molar-refractivity contribution in [1.82, 2.24) is 5.32 Å². The van der Waals surface area contributed by atoms with E-state index in [1.54, 1.807) is 11.8 Å². The van der Waals surface area contributed by atoms with Crippen LogP contribution in [0.4, 0.5) is 0 Å². The summed E-state index contributed by atoms with van der Waals surface area (Å²) in [4.78, 5) is 23.0. The van der Waals surface area contributed by atoms with Crippen LogP contribution in [0.3, 0.4) is 0 Å². The van der Waals surface area contributed by atoms with E-state index >= 15 is 0 Å². The molecule has 4 nitrogen and oxygen atoms in total. The minimum atomic E-state index is -1.00. The fraction of sp³-hybridized carbons (Fsp3) is 0.500. The Morgan fingerprint density at radius 2 is 1.90 bits per heavy atom. The second-order valence-corrected chi connectivity index (χ2v) is 6.49. The Morgan fingerprint density at radius 3 is 2.48 bits per heavy atom. The zero-order valence-corrected chi connectivity index (χ0v) is 13.4. The van der Waals surface area contributed by atoms with E-state index in [2.05, 4.69) is 19.2 Å². The number of thioether (sulfide) groups is 1. The van der Waals surface area contributed by atoms with Gasteiger partial charge in [-0.1, -0.05) is 44.2 Å². The first-order chi connectivity index (χ1) is 9.99. The second kappa shape index (κ2) is 9.45. The Kier molecular flexibility index (Phi) is 7.90. The van der Waals surface area contributed by atoms with Crippen LogP contribution in [0.5, 0.6) is 0 Å². The van der Waals surface area contributed by atoms with Crippen LogP contribution >= 0.6 is 11.8 Å². The van der Waals surface area contributed by atoms with Crippen LogP contribution < -0.4 is 5.32 Å². The smallest absolute Gasteiger partial charge is 0.326 e. The molecule has 0 radical (unpaired) electrons. The van der Waals surface area contributed by atoms with Crippen molar-refractivity contribution in [2.45, 2.75) is 32.7 Å². The maximum absolute atomic E-state index is 11.8. The third kappa shape index (κ3) is 7.75. The fourth-order valence-corrected chi connectivity index (χ4v) is 2.82. The Bertz CT molecular complexity index is 448. The molecule has 0 aliphatic carbocycles. The van der Waals surface area contributed by atoms with Gasteiger partial charge in [0.05, 0.1) is 5.75 Å². The van der Waals surface area contributed by atoms with Crippen molar-refractivity contribution in [3.63, 3.8) is 0 Å². The van der Waals surface area contributed by atoms with E-state index < -0.39 is 12.0 Å². The summed E-state index contributed by atoms with van der Waals surface area (Å²) >= 11 is 1.54. The van der Waals surface area contributed by atoms with E-state index in [0.29, 0.717) is 18.1 Å². The first-order valence-corrected chi connectivity index (χ1v) is 8.28. The average molecular weight is 309 g/mol. The van der Waals surface area contributed by atoms with Crippen molar-refractivity contribution in [1.29, 1.82) is 0 Å². The van der Waals surface area contributed by atoms with Crippen LogP contribution in [-0.2, 0) is 16.0 Å². The van der Waals surface area contributed by atoms with Crippen molar-refractivity contribution < 1.29 is 14.7 Å². The van der Waals surface area contributed by atoms with Crippen LogP contribution in [0.2, 0.25) is 0 Å². The molecular weight excluding hydrogens is 286 g/mol. The van der Waals surface area contributed by atoms with Gasteiger partial charge in [-0.15, -0.1) is 0 Å². The van der Waals surface area contributed by atoms with Gasteiger partial charge < -0.3 is 10.4 Å². The summed E-state index contributed by atoms with van der Waals surface area (Å²) in [7, 11) is 0. The van der Waals surface area contributed by atoms with Gasteiger partial charge in [0.1, 0.15) is 6.04 Å². The highest BCUT2D eigenvalue weighted by molar-refractivity contribution is 7.99. The number of carboxylic acid groups (broad SMARTS) is 1. The molecule has 0 fully saturated rings. The van der Waals surface area contributed by atoms with Crippen LogP contribution in [0.25, 0.3) is 0 Å². The second-order valence-electron chi connectivity index (χ2n) is 5.38. The molecule has 21 heavy (non-hydrogen) atoms. The number of carboxylic acids is 1. The number of benzene rings is 1. The molecule has 0 unspecified atom stereocenters. The maximum atomic E-state index is 11.8. The number of hydrogen-bond acceptors (Lipinski definition) is 3. The number of carbonyl (C=O) groups excluding carboxylic acids is 1. The highest BCUT2D eigenvalue weighted by Crippen LogP contribution is 2.09. The summed E-state index contributed by atoms with van der Waals surface area (Å²) in [6.45, 7) is 4.28. The first kappa shape index (κ1) is 17.6. The molecule has 116 valence electrons. The third-order valence-electron chi connectivity index (χ3n) is 2.99. The van der Waals surface area contributed by atoms with Crippen molar-refractivity contribution in [2.24, 2.45) is 5.92 Å². The number of rotatable bonds is 9. The summed E-state index contributed by atoms with van der Waals surface area (Å²) in [5, 5.41) is 11.8. The molecule has 0 saturated carbocycles. The Labute approximate surface area is 130 Å². The lowest BCUT2D eigenvalue weighted by Gasteiger charge is -2.14. The predicted octanol–water partition coefficient (Wildman–Crippen LogP) is 2.58. The topological polar surface area (TPSA) is 66.4 Å². The number of nitrogens with one attached hydrogen (secondary N) is 1. The van der Waals surface area contributed by atoms with Gasteiger partial charge in [-0.05, 0) is 23.7 Å². The minimum absolute atomic E-state index is 0.216. The predicted molar refractivity (Wildman–Crippen MR) is 86.5 cm³/mol. The lowest BCUT2D eigenvalue weighted by molar-refractivity contribution is -0.141. The SMILES string of the molecule is CC(C)CCSCC(=O)N[C@H](Cc1ccccc1)C(=O)O. The highest BCUT2D eigenvalue weighted by Gasteiger charge is 2.20. The molecule has 1 atom stereocenters. The molecule has 0 saturated heterocycles. The standard InChI is InChI=1S/C16H23NO3S/c1-12(2)8-9-21-11-15(18)17-14(16(19)20)10-13-6-4-3-5-7-13/h3-7,12,14H,8-11H2,1-2H3,(H,17,18)(H,19,20)/t14-/m1/s1. The number of hydrogen-bond donors (Lipinski definition) is 2. The first-order valence-electron chi connectivity index (χ1n) is 7.13. The molecule has 1 aromatic rings. The molecule has 2 N–H and O–H groups in total. The monoisotopic (exact) mass is 309 g/mol. The fourth-order valence-electron chi connectivity index (χ4n) is 1.77. The van der Waals surface area contributed by atoms with Crippen molar-refractivity contribution in [3.05, 3.63) is 35.9 Å². The van der Waals surface area contributed by atoms with Gasteiger partial charge in [0.2, 0.25) is 5.91 Å². The van der Waals surface area contributed by atoms with Crippen molar-refractivity contribution >= 4 is 23.6 Å². The zero-order chi connectivity index (χ0) is 15.7. The maximum Gasteiger partial charge on any atom is 0.326 e. The van der Waals surface area contributed by atoms with Crippen molar-refractivity contribution in [2.75, 3.05) is 11.5 Å². The molecule has 1 amide bonds. The van der Waals surface area contributed by atoms with Crippen LogP contribution in [0.1, 0.15) is 25.8 Å². The van der Waals surface area contributed by atoms with Gasteiger partial charge in [-0.2, -0.15) is 11.8 Å².